The molecular weight excluding hydrogens is 368 g/mol. The van der Waals surface area contributed by atoms with Crippen LogP contribution >= 0.6 is 11.8 Å². The number of methoxy groups -OCH3 is 1. The van der Waals surface area contributed by atoms with Crippen molar-refractivity contribution in [3.63, 3.8) is 0 Å². The van der Waals surface area contributed by atoms with Gasteiger partial charge in [-0.2, -0.15) is 0 Å². The number of esters is 1. The van der Waals surface area contributed by atoms with Crippen LogP contribution in [0.5, 0.6) is 5.75 Å². The van der Waals surface area contributed by atoms with E-state index in [4.69, 9.17) is 9.47 Å². The molecule has 140 valence electrons. The summed E-state index contributed by atoms with van der Waals surface area (Å²) in [4.78, 5) is 23.1. The largest absolute Gasteiger partial charge is 0.495 e. The predicted octanol–water partition coefficient (Wildman–Crippen LogP) is 1.18. The molecule has 0 fully saturated rings. The van der Waals surface area contributed by atoms with Crippen molar-refractivity contribution in [3.05, 3.63) is 18.2 Å². The average Bonchev–Trinajstić information content (AvgIpc) is 2.54. The Labute approximate surface area is 151 Å². The van der Waals surface area contributed by atoms with Gasteiger partial charge in [0.15, 0.2) is 0 Å². The number of sulfonamides is 1. The molecule has 1 rings (SSSR count). The second-order valence-electron chi connectivity index (χ2n) is 5.00. The molecule has 8 nitrogen and oxygen atoms in total. The van der Waals surface area contributed by atoms with Gasteiger partial charge in [0.2, 0.25) is 15.9 Å². The van der Waals surface area contributed by atoms with E-state index in [9.17, 15) is 18.0 Å². The molecule has 0 aliphatic rings. The van der Waals surface area contributed by atoms with Gasteiger partial charge in [-0.25, -0.2) is 12.7 Å². The number of nitrogens with zero attached hydrogens (tertiary/aromatic N) is 1. The van der Waals surface area contributed by atoms with Gasteiger partial charge in [-0.15, -0.1) is 11.8 Å². The maximum atomic E-state index is 12.3. The maximum absolute atomic E-state index is 12.3. The van der Waals surface area contributed by atoms with Crippen molar-refractivity contribution in [2.24, 2.45) is 0 Å². The summed E-state index contributed by atoms with van der Waals surface area (Å²) in [7, 11) is 0.465. The number of amides is 1. The topological polar surface area (TPSA) is 102 Å². The van der Waals surface area contributed by atoms with Crippen LogP contribution in [0.3, 0.4) is 0 Å². The molecule has 0 bridgehead atoms. The van der Waals surface area contributed by atoms with E-state index < -0.39 is 10.0 Å². The molecule has 0 aliphatic heterocycles. The van der Waals surface area contributed by atoms with Gasteiger partial charge >= 0.3 is 5.97 Å². The van der Waals surface area contributed by atoms with Gasteiger partial charge in [0, 0.05) is 19.8 Å². The number of carbonyl (C=O) groups excluding carboxylic acids is 2. The number of rotatable bonds is 9. The molecule has 0 atom stereocenters. The lowest BCUT2D eigenvalue weighted by Gasteiger charge is -2.16. The van der Waals surface area contributed by atoms with E-state index in [1.165, 1.54) is 33.3 Å². The zero-order valence-corrected chi connectivity index (χ0v) is 16.2. The van der Waals surface area contributed by atoms with Crippen LogP contribution in [0.4, 0.5) is 5.69 Å². The standard InChI is InChI=1S/C15H22N2O6S2/c1-5-23-15(19)10-24-9-14(18)16-11-6-7-12(22-4)13(8-11)25(20,21)17(2)3/h6-8H,5,9-10H2,1-4H3,(H,16,18). The number of hydrogen-bond acceptors (Lipinski definition) is 7. The lowest BCUT2D eigenvalue weighted by molar-refractivity contribution is -0.139. The molecule has 1 N–H and O–H groups in total. The molecule has 1 aromatic rings. The molecule has 0 heterocycles. The molecule has 0 spiro atoms. The number of ether oxygens (including phenoxy) is 2. The number of hydrogen-bond donors (Lipinski definition) is 1. The van der Waals surface area contributed by atoms with Crippen LogP contribution in [0.2, 0.25) is 0 Å². The number of thioether (sulfide) groups is 1. The highest BCUT2D eigenvalue weighted by Crippen LogP contribution is 2.28. The third-order valence-corrected chi connectivity index (χ3v) is 5.71. The summed E-state index contributed by atoms with van der Waals surface area (Å²) in [5.74, 6) is -0.440. The van der Waals surface area contributed by atoms with Crippen molar-refractivity contribution >= 4 is 39.3 Å². The molecule has 10 heteroatoms. The molecule has 25 heavy (non-hydrogen) atoms. The minimum Gasteiger partial charge on any atom is -0.495 e. The summed E-state index contributed by atoms with van der Waals surface area (Å²) in [6, 6.07) is 4.35. The number of nitrogens with one attached hydrogen (secondary N) is 1. The second-order valence-corrected chi connectivity index (χ2v) is 8.10. The van der Waals surface area contributed by atoms with E-state index in [1.54, 1.807) is 13.0 Å². The molecule has 1 aromatic carbocycles. The van der Waals surface area contributed by atoms with E-state index >= 15 is 0 Å². The van der Waals surface area contributed by atoms with E-state index in [0.29, 0.717) is 12.3 Å². The average molecular weight is 390 g/mol. The van der Waals surface area contributed by atoms with Gasteiger partial charge in [-0.1, -0.05) is 0 Å². The van der Waals surface area contributed by atoms with E-state index in [2.05, 4.69) is 5.32 Å². The van der Waals surface area contributed by atoms with Gasteiger partial charge in [0.25, 0.3) is 0 Å². The first-order valence-electron chi connectivity index (χ1n) is 7.36. The Morgan fingerprint density at radius 3 is 2.48 bits per heavy atom. The SMILES string of the molecule is CCOC(=O)CSCC(=O)Nc1ccc(OC)c(S(=O)(=O)N(C)C)c1. The first-order valence-corrected chi connectivity index (χ1v) is 9.95. The van der Waals surface area contributed by atoms with Gasteiger partial charge in [-0.3, -0.25) is 9.59 Å². The smallest absolute Gasteiger partial charge is 0.315 e. The molecular formula is C15H22N2O6S2. The van der Waals surface area contributed by atoms with Gasteiger partial charge in [0.05, 0.1) is 25.2 Å². The van der Waals surface area contributed by atoms with Crippen LogP contribution in [-0.2, 0) is 24.3 Å². The monoisotopic (exact) mass is 390 g/mol. The predicted molar refractivity (Wildman–Crippen MR) is 96.5 cm³/mol. The summed E-state index contributed by atoms with van der Waals surface area (Å²) in [6.45, 7) is 2.00. The van der Waals surface area contributed by atoms with Gasteiger partial charge in [-0.05, 0) is 25.1 Å². The number of benzene rings is 1. The molecule has 1 amide bonds. The fourth-order valence-electron chi connectivity index (χ4n) is 1.78. The number of anilines is 1. The van der Waals surface area contributed by atoms with Gasteiger partial charge < -0.3 is 14.8 Å². The Hall–Kier alpha value is -1.78. The lowest BCUT2D eigenvalue weighted by atomic mass is 10.3. The van der Waals surface area contributed by atoms with Crippen molar-refractivity contribution in [1.82, 2.24) is 4.31 Å². The first-order chi connectivity index (χ1) is 11.7. The molecule has 0 aromatic heterocycles. The highest BCUT2D eigenvalue weighted by Gasteiger charge is 2.23. The summed E-state index contributed by atoms with van der Waals surface area (Å²) in [6.07, 6.45) is 0. The summed E-state index contributed by atoms with van der Waals surface area (Å²) in [5.41, 5.74) is 0.322. The summed E-state index contributed by atoms with van der Waals surface area (Å²) < 4.78 is 35.6. The Morgan fingerprint density at radius 2 is 1.92 bits per heavy atom. The fraction of sp³-hybridized carbons (Fsp3) is 0.467. The number of carbonyl (C=O) groups is 2. The zero-order valence-electron chi connectivity index (χ0n) is 14.6. The van der Waals surface area contributed by atoms with Crippen molar-refractivity contribution in [2.75, 3.05) is 44.6 Å². The van der Waals surface area contributed by atoms with E-state index in [-0.39, 0.29) is 34.0 Å². The molecule has 0 radical (unpaired) electrons. The summed E-state index contributed by atoms with van der Waals surface area (Å²) >= 11 is 1.11. The normalized spacial score (nSPS) is 11.2. The molecule has 0 aliphatic carbocycles. The van der Waals surface area contributed by atoms with Crippen molar-refractivity contribution in [3.8, 4) is 5.75 Å². The quantitative estimate of drug-likeness (QED) is 0.632. The first kappa shape index (κ1) is 21.3. The summed E-state index contributed by atoms with van der Waals surface area (Å²) in [5, 5.41) is 2.60. The van der Waals surface area contributed by atoms with Crippen LogP contribution in [0.1, 0.15) is 6.92 Å². The van der Waals surface area contributed by atoms with Crippen LogP contribution in [0.15, 0.2) is 23.1 Å². The second kappa shape index (κ2) is 9.64. The van der Waals surface area contributed by atoms with Crippen LogP contribution < -0.4 is 10.1 Å². The van der Waals surface area contributed by atoms with Crippen LogP contribution in [0.25, 0.3) is 0 Å². The molecule has 0 unspecified atom stereocenters. The van der Waals surface area contributed by atoms with Crippen molar-refractivity contribution < 1.29 is 27.5 Å². The van der Waals surface area contributed by atoms with Crippen molar-refractivity contribution in [1.29, 1.82) is 0 Å². The van der Waals surface area contributed by atoms with Crippen molar-refractivity contribution in [2.45, 2.75) is 11.8 Å². The third-order valence-electron chi connectivity index (χ3n) is 2.96. The zero-order chi connectivity index (χ0) is 19.0. The highest BCUT2D eigenvalue weighted by atomic mass is 32.2. The Bertz CT molecular complexity index is 719. The minimum atomic E-state index is -3.72. The van der Waals surface area contributed by atoms with E-state index in [1.807, 2.05) is 0 Å². The molecule has 0 saturated heterocycles. The fourth-order valence-corrected chi connectivity index (χ4v) is 3.46. The van der Waals surface area contributed by atoms with Gasteiger partial charge in [0.1, 0.15) is 10.6 Å². The highest BCUT2D eigenvalue weighted by molar-refractivity contribution is 8.00. The Kier molecular flexibility index (Phi) is 8.20. The maximum Gasteiger partial charge on any atom is 0.315 e. The Balaban J connectivity index is 2.80. The van der Waals surface area contributed by atoms with E-state index in [0.717, 1.165) is 16.1 Å². The Morgan fingerprint density at radius 1 is 1.24 bits per heavy atom. The molecule has 0 saturated carbocycles. The lowest BCUT2D eigenvalue weighted by Crippen LogP contribution is -2.23. The minimum absolute atomic E-state index is 0.0423. The van der Waals surface area contributed by atoms with Crippen LogP contribution in [-0.4, -0.2) is 63.9 Å². The van der Waals surface area contributed by atoms with Crippen LogP contribution in [0, 0.1) is 0 Å². The third kappa shape index (κ3) is 6.22.